The third-order valence-electron chi connectivity index (χ3n) is 3.75. The van der Waals surface area contributed by atoms with Gasteiger partial charge in [0, 0.05) is 15.5 Å². The van der Waals surface area contributed by atoms with Crippen LogP contribution in [0.5, 0.6) is 0 Å². The zero-order valence-electron chi connectivity index (χ0n) is 14.9. The first-order valence-corrected chi connectivity index (χ1v) is 10.6. The number of thioether (sulfide) groups is 1. The van der Waals surface area contributed by atoms with Gasteiger partial charge >= 0.3 is 0 Å². The van der Waals surface area contributed by atoms with E-state index in [1.54, 1.807) is 42.5 Å². The zero-order chi connectivity index (χ0) is 20.8. The van der Waals surface area contributed by atoms with E-state index in [9.17, 15) is 4.79 Å². The Morgan fingerprint density at radius 3 is 2.55 bits per heavy atom. The lowest BCUT2D eigenvalue weighted by Crippen LogP contribution is -2.35. The van der Waals surface area contributed by atoms with Gasteiger partial charge in [-0.15, -0.1) is 11.8 Å². The number of aliphatic hydroxyl groups is 1. The molecule has 0 saturated heterocycles. The van der Waals surface area contributed by atoms with Crippen molar-refractivity contribution < 1.29 is 14.3 Å². The molecule has 3 N–H and O–H groups in total. The van der Waals surface area contributed by atoms with Crippen LogP contribution >= 0.6 is 47.2 Å². The van der Waals surface area contributed by atoms with Crippen LogP contribution in [0, 0.1) is 0 Å². The molecule has 0 aliphatic rings. The number of furan rings is 1. The highest BCUT2D eigenvalue weighted by atomic mass is 35.5. The van der Waals surface area contributed by atoms with Gasteiger partial charge in [0.15, 0.2) is 5.11 Å². The van der Waals surface area contributed by atoms with Gasteiger partial charge < -0.3 is 20.2 Å². The molecule has 9 heteroatoms. The molecule has 1 aromatic heterocycles. The number of benzene rings is 2. The topological polar surface area (TPSA) is 74.5 Å². The molecule has 0 atom stereocenters. The standard InChI is InChI=1S/C20H16Cl2N2O3S2/c21-13-2-5-15(6-3-13)29-11-19(26)24-20(28)23-17-9-12(1-7-16(17)22)18-8-4-14(10-25)27-18/h1-9,25H,10-11H2,(H2,23,24,26,28). The van der Waals surface area contributed by atoms with Crippen LogP contribution in [0.4, 0.5) is 5.69 Å². The maximum absolute atomic E-state index is 12.1. The zero-order valence-corrected chi connectivity index (χ0v) is 18.1. The Bertz CT molecular complexity index is 1020. The van der Waals surface area contributed by atoms with Crippen LogP contribution in [0.3, 0.4) is 0 Å². The first kappa shape index (κ1) is 21.7. The highest BCUT2D eigenvalue weighted by molar-refractivity contribution is 8.00. The van der Waals surface area contributed by atoms with Crippen LogP contribution in [0.2, 0.25) is 10.0 Å². The van der Waals surface area contributed by atoms with Crippen molar-refractivity contribution in [1.29, 1.82) is 0 Å². The summed E-state index contributed by atoms with van der Waals surface area (Å²) in [7, 11) is 0. The molecule has 3 aromatic rings. The summed E-state index contributed by atoms with van der Waals surface area (Å²) < 4.78 is 5.53. The number of aliphatic hydroxyl groups excluding tert-OH is 1. The van der Waals surface area contributed by atoms with Crippen molar-refractivity contribution in [3.05, 3.63) is 70.4 Å². The molecule has 1 heterocycles. The minimum Gasteiger partial charge on any atom is -0.459 e. The maximum atomic E-state index is 12.1. The van der Waals surface area contributed by atoms with E-state index in [1.165, 1.54) is 11.8 Å². The molecule has 0 spiro atoms. The van der Waals surface area contributed by atoms with Gasteiger partial charge in [-0.3, -0.25) is 4.79 Å². The summed E-state index contributed by atoms with van der Waals surface area (Å²) in [5.74, 6) is 1.01. The second-order valence-corrected chi connectivity index (χ2v) is 8.16. The molecule has 150 valence electrons. The van der Waals surface area contributed by atoms with Crippen LogP contribution in [0.15, 0.2) is 63.9 Å². The average Bonchev–Trinajstić information content (AvgIpc) is 3.18. The largest absolute Gasteiger partial charge is 0.459 e. The summed E-state index contributed by atoms with van der Waals surface area (Å²) in [4.78, 5) is 13.1. The Labute approximate surface area is 187 Å². The van der Waals surface area contributed by atoms with E-state index in [-0.39, 0.29) is 23.4 Å². The Hall–Kier alpha value is -2.03. The number of hydrogen-bond donors (Lipinski definition) is 3. The Kier molecular flexibility index (Phi) is 7.57. The van der Waals surface area contributed by atoms with Crippen LogP contribution in [0.25, 0.3) is 11.3 Å². The highest BCUT2D eigenvalue weighted by Gasteiger charge is 2.11. The minimum atomic E-state index is -0.242. The van der Waals surface area contributed by atoms with E-state index < -0.39 is 0 Å². The molecule has 3 rings (SSSR count). The molecule has 2 aromatic carbocycles. The van der Waals surface area contributed by atoms with Crippen molar-refractivity contribution in [2.24, 2.45) is 0 Å². The summed E-state index contributed by atoms with van der Waals surface area (Å²) >= 11 is 18.7. The summed E-state index contributed by atoms with van der Waals surface area (Å²) in [6.45, 7) is -0.178. The number of hydrogen-bond acceptors (Lipinski definition) is 5. The summed E-state index contributed by atoms with van der Waals surface area (Å²) in [6, 6.07) is 15.9. The molecular weight excluding hydrogens is 451 g/mol. The Morgan fingerprint density at radius 1 is 1.10 bits per heavy atom. The molecule has 0 unspecified atom stereocenters. The van der Waals surface area contributed by atoms with Crippen molar-refractivity contribution in [1.82, 2.24) is 5.32 Å². The second-order valence-electron chi connectivity index (χ2n) is 5.86. The van der Waals surface area contributed by atoms with Crippen LogP contribution in [-0.2, 0) is 11.4 Å². The fourth-order valence-corrected chi connectivity index (χ4v) is 3.60. The van der Waals surface area contributed by atoms with Gasteiger partial charge in [0.1, 0.15) is 18.1 Å². The third kappa shape index (κ3) is 6.22. The smallest absolute Gasteiger partial charge is 0.236 e. The summed E-state index contributed by atoms with van der Waals surface area (Å²) in [5, 5.41) is 15.9. The predicted octanol–water partition coefficient (Wildman–Crippen LogP) is 5.35. The summed E-state index contributed by atoms with van der Waals surface area (Å²) in [5.41, 5.74) is 1.28. The van der Waals surface area contributed by atoms with Gasteiger partial charge in [-0.2, -0.15) is 0 Å². The molecule has 29 heavy (non-hydrogen) atoms. The maximum Gasteiger partial charge on any atom is 0.236 e. The number of carbonyl (C=O) groups is 1. The Morgan fingerprint density at radius 2 is 1.86 bits per heavy atom. The fourth-order valence-electron chi connectivity index (χ4n) is 2.39. The number of thiocarbonyl (C=S) groups is 1. The van der Waals surface area contributed by atoms with E-state index in [2.05, 4.69) is 10.6 Å². The van der Waals surface area contributed by atoms with E-state index in [0.29, 0.717) is 27.3 Å². The first-order chi connectivity index (χ1) is 13.9. The van der Waals surface area contributed by atoms with Crippen molar-refractivity contribution in [3.8, 4) is 11.3 Å². The average molecular weight is 467 g/mol. The van der Waals surface area contributed by atoms with E-state index in [1.807, 2.05) is 12.1 Å². The highest BCUT2D eigenvalue weighted by Crippen LogP contribution is 2.30. The van der Waals surface area contributed by atoms with Crippen LogP contribution in [-0.4, -0.2) is 21.9 Å². The SMILES string of the molecule is O=C(CSc1ccc(Cl)cc1)NC(=S)Nc1cc(-c2ccc(CO)o2)ccc1Cl. The van der Waals surface area contributed by atoms with Crippen LogP contribution < -0.4 is 10.6 Å². The lowest BCUT2D eigenvalue weighted by atomic mass is 10.1. The molecule has 5 nitrogen and oxygen atoms in total. The van der Waals surface area contributed by atoms with E-state index >= 15 is 0 Å². The first-order valence-electron chi connectivity index (χ1n) is 8.43. The fraction of sp³-hybridized carbons (Fsp3) is 0.100. The molecule has 0 saturated carbocycles. The van der Waals surface area contributed by atoms with Gasteiger partial charge in [-0.05, 0) is 66.8 Å². The van der Waals surface area contributed by atoms with Crippen molar-refractivity contribution in [3.63, 3.8) is 0 Å². The van der Waals surface area contributed by atoms with Crippen molar-refractivity contribution in [2.45, 2.75) is 11.5 Å². The van der Waals surface area contributed by atoms with Crippen molar-refractivity contribution in [2.75, 3.05) is 11.1 Å². The van der Waals surface area contributed by atoms with Gasteiger partial charge in [0.05, 0.1) is 16.5 Å². The minimum absolute atomic E-state index is 0.140. The lowest BCUT2D eigenvalue weighted by molar-refractivity contribution is -0.117. The molecule has 1 amide bonds. The molecule has 0 aliphatic heterocycles. The van der Waals surface area contributed by atoms with Gasteiger partial charge in [0.2, 0.25) is 5.91 Å². The summed E-state index contributed by atoms with van der Waals surface area (Å²) in [6.07, 6.45) is 0. The van der Waals surface area contributed by atoms with Gasteiger partial charge in [-0.1, -0.05) is 23.2 Å². The number of amides is 1. The molecular formula is C20H16Cl2N2O3S2. The van der Waals surface area contributed by atoms with Gasteiger partial charge in [0.25, 0.3) is 0 Å². The van der Waals surface area contributed by atoms with E-state index in [0.717, 1.165) is 10.5 Å². The molecule has 0 fully saturated rings. The van der Waals surface area contributed by atoms with E-state index in [4.69, 9.17) is 44.9 Å². The van der Waals surface area contributed by atoms with Gasteiger partial charge in [-0.25, -0.2) is 0 Å². The quantitative estimate of drug-likeness (QED) is 0.335. The molecule has 0 bridgehead atoms. The second kappa shape index (κ2) is 10.1. The number of rotatable bonds is 6. The Balaban J connectivity index is 1.58. The predicted molar refractivity (Wildman–Crippen MR) is 122 cm³/mol. The molecule has 0 radical (unpaired) electrons. The number of anilines is 1. The van der Waals surface area contributed by atoms with Crippen molar-refractivity contribution >= 4 is 63.9 Å². The number of halogens is 2. The monoisotopic (exact) mass is 466 g/mol. The lowest BCUT2D eigenvalue weighted by Gasteiger charge is -2.12. The number of carbonyl (C=O) groups excluding carboxylic acids is 1. The van der Waals surface area contributed by atoms with Crippen LogP contribution in [0.1, 0.15) is 5.76 Å². The molecule has 0 aliphatic carbocycles. The normalized spacial score (nSPS) is 10.6. The number of nitrogens with one attached hydrogen (secondary N) is 2. The third-order valence-corrected chi connectivity index (χ3v) is 5.55.